The van der Waals surface area contributed by atoms with Gasteiger partial charge in [-0.1, -0.05) is 81.3 Å². The molecule has 42 heavy (non-hydrogen) atoms. The molecule has 1 unspecified atom stereocenters. The van der Waals surface area contributed by atoms with Gasteiger partial charge in [0.25, 0.3) is 0 Å². The molecule has 0 aromatic heterocycles. The number of hydrogen-bond acceptors (Lipinski definition) is 7. The van der Waals surface area contributed by atoms with Gasteiger partial charge >= 0.3 is 12.1 Å². The molecule has 1 aliphatic heterocycles. The van der Waals surface area contributed by atoms with Crippen LogP contribution in [0.1, 0.15) is 60.8 Å². The van der Waals surface area contributed by atoms with Crippen molar-refractivity contribution in [1.29, 1.82) is 0 Å². The van der Waals surface area contributed by atoms with E-state index in [9.17, 15) is 19.2 Å². The van der Waals surface area contributed by atoms with E-state index in [1.165, 1.54) is 19.4 Å². The van der Waals surface area contributed by atoms with Crippen LogP contribution in [-0.2, 0) is 28.6 Å². The summed E-state index contributed by atoms with van der Waals surface area (Å²) in [4.78, 5) is 48.5. The van der Waals surface area contributed by atoms with E-state index in [4.69, 9.17) is 31.5 Å². The Bertz CT molecular complexity index is 1140. The number of hydrogen-bond donors (Lipinski definition) is 3. The van der Waals surface area contributed by atoms with Gasteiger partial charge in [-0.05, 0) is 31.5 Å². The number of methoxy groups -OCH3 is 1. The number of ether oxygens (including phenoxy) is 3. The number of carbonyl (C=O) groups is 4. The summed E-state index contributed by atoms with van der Waals surface area (Å²) in [6, 6.07) is -0.823. The first kappa shape index (κ1) is 36.2. The third-order valence-corrected chi connectivity index (χ3v) is 6.30. The van der Waals surface area contributed by atoms with E-state index < -0.39 is 41.4 Å². The third kappa shape index (κ3) is 14.2. The molecule has 1 rings (SSSR count). The first-order valence-corrected chi connectivity index (χ1v) is 14.0. The minimum atomic E-state index is -0.900. The molecule has 0 saturated carbocycles. The second kappa shape index (κ2) is 17.9. The lowest BCUT2D eigenvalue weighted by Gasteiger charge is -2.29. The standard InChI is InChI=1S/C31H44ClN3O7/c1-20(19-21(2)24-16-17-25(40-7)29(38)42-24)11-8-9-13-26(36)35-27(31(4,5)6)28(37)34-18-10-12-23(41-30(33)39)15-14-22(3)32/h8-11,13-14,17-19,21,23-24,27H,12,15-16H2,1-7H3,(H2,33,39)(H,34,37)(H,35,36)/b11-8+,13-9+,18-10-,20-19+,22-14+/t21-,23+,24?,27+/m0/s1. The highest BCUT2D eigenvalue weighted by Crippen LogP contribution is 2.23. The van der Waals surface area contributed by atoms with Crippen LogP contribution in [0.4, 0.5) is 4.79 Å². The SMILES string of the molecule is COC1=CCC([C@@H](C)/C=C(C)/C=C/C=C/C(=O)N[C@H](C(=O)N/C=C\C[C@H](C/C=C(\C)Cl)OC(N)=O)C(C)(C)C)OC1=O. The Morgan fingerprint density at radius 1 is 1.19 bits per heavy atom. The highest BCUT2D eigenvalue weighted by Gasteiger charge is 2.32. The Morgan fingerprint density at radius 3 is 2.43 bits per heavy atom. The molecular formula is C31H44ClN3O7. The summed E-state index contributed by atoms with van der Waals surface area (Å²) in [5.74, 6) is -1.10. The van der Waals surface area contributed by atoms with Gasteiger partial charge in [0, 0.05) is 36.3 Å². The summed E-state index contributed by atoms with van der Waals surface area (Å²) < 4.78 is 15.5. The molecule has 1 heterocycles. The monoisotopic (exact) mass is 605 g/mol. The maximum Gasteiger partial charge on any atom is 0.404 e. The Balaban J connectivity index is 2.70. The number of carbonyl (C=O) groups excluding carboxylic acids is 4. The summed E-state index contributed by atoms with van der Waals surface area (Å²) in [5.41, 5.74) is 5.48. The van der Waals surface area contributed by atoms with Crippen molar-refractivity contribution in [1.82, 2.24) is 10.6 Å². The maximum absolute atomic E-state index is 12.9. The van der Waals surface area contributed by atoms with Crippen LogP contribution < -0.4 is 16.4 Å². The van der Waals surface area contributed by atoms with Crippen LogP contribution in [0, 0.1) is 11.3 Å². The van der Waals surface area contributed by atoms with Crippen LogP contribution in [-0.4, -0.2) is 49.2 Å². The average molecular weight is 606 g/mol. The highest BCUT2D eigenvalue weighted by atomic mass is 35.5. The molecule has 11 heteroatoms. The fourth-order valence-electron chi connectivity index (χ4n) is 3.93. The van der Waals surface area contributed by atoms with E-state index in [1.54, 1.807) is 37.3 Å². The second-order valence-electron chi connectivity index (χ2n) is 11.0. The van der Waals surface area contributed by atoms with E-state index in [2.05, 4.69) is 10.6 Å². The van der Waals surface area contributed by atoms with Gasteiger partial charge in [-0.15, -0.1) is 0 Å². The molecular weight excluding hydrogens is 562 g/mol. The van der Waals surface area contributed by atoms with Gasteiger partial charge in [-0.2, -0.15) is 0 Å². The predicted molar refractivity (Wildman–Crippen MR) is 163 cm³/mol. The summed E-state index contributed by atoms with van der Waals surface area (Å²) in [6.07, 6.45) is 14.5. The van der Waals surface area contributed by atoms with E-state index in [0.29, 0.717) is 24.3 Å². The predicted octanol–water partition coefficient (Wildman–Crippen LogP) is 5.07. The van der Waals surface area contributed by atoms with Crippen molar-refractivity contribution in [3.8, 4) is 0 Å². The van der Waals surface area contributed by atoms with E-state index in [0.717, 1.165) is 5.57 Å². The molecule has 3 amide bonds. The quantitative estimate of drug-likeness (QED) is 0.142. The molecule has 4 N–H and O–H groups in total. The second-order valence-corrected chi connectivity index (χ2v) is 11.6. The zero-order valence-electron chi connectivity index (χ0n) is 25.4. The molecule has 232 valence electrons. The molecule has 0 spiro atoms. The van der Waals surface area contributed by atoms with Crippen molar-refractivity contribution >= 4 is 35.5 Å². The normalized spacial score (nSPS) is 18.8. The maximum atomic E-state index is 12.9. The van der Waals surface area contributed by atoms with Crippen molar-refractivity contribution in [2.75, 3.05) is 7.11 Å². The summed E-state index contributed by atoms with van der Waals surface area (Å²) >= 11 is 5.84. The van der Waals surface area contributed by atoms with Gasteiger partial charge in [-0.3, -0.25) is 9.59 Å². The molecule has 10 nitrogen and oxygen atoms in total. The van der Waals surface area contributed by atoms with Crippen molar-refractivity contribution in [3.63, 3.8) is 0 Å². The topological polar surface area (TPSA) is 146 Å². The van der Waals surface area contributed by atoms with E-state index in [-0.39, 0.29) is 17.8 Å². The van der Waals surface area contributed by atoms with Gasteiger partial charge in [0.05, 0.1) is 7.11 Å². The number of amides is 3. The fraction of sp³-hybridized carbons (Fsp3) is 0.484. The van der Waals surface area contributed by atoms with Gasteiger partial charge in [-0.25, -0.2) is 9.59 Å². The zero-order chi connectivity index (χ0) is 31.9. The molecule has 4 atom stereocenters. The van der Waals surface area contributed by atoms with Gasteiger partial charge in [0.1, 0.15) is 18.2 Å². The number of primary amides is 1. The van der Waals surface area contributed by atoms with Crippen molar-refractivity contribution in [2.45, 2.75) is 79.1 Å². The number of halogens is 1. The molecule has 0 radical (unpaired) electrons. The van der Waals surface area contributed by atoms with Crippen LogP contribution >= 0.6 is 11.6 Å². The lowest BCUT2D eigenvalue weighted by atomic mass is 9.86. The van der Waals surface area contributed by atoms with E-state index in [1.807, 2.05) is 46.8 Å². The van der Waals surface area contributed by atoms with Gasteiger partial charge in [0.15, 0.2) is 5.76 Å². The number of esters is 1. The molecule has 0 fully saturated rings. The first-order chi connectivity index (χ1) is 19.6. The van der Waals surface area contributed by atoms with Crippen LogP contribution in [0.25, 0.3) is 0 Å². The number of allylic oxidation sites excluding steroid dienone is 5. The van der Waals surface area contributed by atoms with E-state index >= 15 is 0 Å². The minimum Gasteiger partial charge on any atom is -0.490 e. The first-order valence-electron chi connectivity index (χ1n) is 13.7. The van der Waals surface area contributed by atoms with Crippen molar-refractivity contribution < 1.29 is 33.4 Å². The lowest BCUT2D eigenvalue weighted by molar-refractivity contribution is -0.151. The minimum absolute atomic E-state index is 0.0196. The van der Waals surface area contributed by atoms with Crippen LogP contribution in [0.5, 0.6) is 0 Å². The third-order valence-electron chi connectivity index (χ3n) is 6.15. The fourth-order valence-corrected chi connectivity index (χ4v) is 4.02. The molecule has 0 aliphatic carbocycles. The molecule has 0 bridgehead atoms. The summed E-state index contributed by atoms with van der Waals surface area (Å²) in [6.45, 7) is 11.1. The van der Waals surface area contributed by atoms with Crippen LogP contribution in [0.3, 0.4) is 0 Å². The van der Waals surface area contributed by atoms with Crippen molar-refractivity contribution in [3.05, 3.63) is 71.2 Å². The number of nitrogens with two attached hydrogens (primary N) is 1. The Labute approximate surface area is 253 Å². The molecule has 0 saturated heterocycles. The van der Waals surface area contributed by atoms with Crippen molar-refractivity contribution in [2.24, 2.45) is 17.1 Å². The van der Waals surface area contributed by atoms with Crippen LogP contribution in [0.15, 0.2) is 71.2 Å². The highest BCUT2D eigenvalue weighted by molar-refractivity contribution is 6.29. The molecule has 0 aromatic carbocycles. The zero-order valence-corrected chi connectivity index (χ0v) is 26.2. The average Bonchev–Trinajstić information content (AvgIpc) is 2.89. The smallest absolute Gasteiger partial charge is 0.404 e. The van der Waals surface area contributed by atoms with Gasteiger partial charge in [0.2, 0.25) is 11.8 Å². The lowest BCUT2D eigenvalue weighted by Crippen LogP contribution is -2.52. The summed E-state index contributed by atoms with van der Waals surface area (Å²) in [7, 11) is 1.43. The van der Waals surface area contributed by atoms with Crippen LogP contribution in [0.2, 0.25) is 0 Å². The van der Waals surface area contributed by atoms with Gasteiger partial charge < -0.3 is 30.6 Å². The number of nitrogens with one attached hydrogen (secondary N) is 2. The Kier molecular flexibility index (Phi) is 15.4. The number of rotatable bonds is 14. The molecule has 0 aromatic rings. The largest absolute Gasteiger partial charge is 0.490 e. The summed E-state index contributed by atoms with van der Waals surface area (Å²) in [5, 5.41) is 5.98. The number of cyclic esters (lactones) is 1. The Morgan fingerprint density at radius 2 is 1.86 bits per heavy atom. The molecule has 1 aliphatic rings. The Hall–Kier alpha value is -3.79.